The number of methoxy groups -OCH3 is 1. The Hall–Kier alpha value is -3.15. The number of hydrogen-bond acceptors (Lipinski definition) is 5. The highest BCUT2D eigenvalue weighted by Crippen LogP contribution is 2.43. The highest BCUT2D eigenvalue weighted by molar-refractivity contribution is 6.11. The van der Waals surface area contributed by atoms with Crippen molar-refractivity contribution >= 4 is 23.1 Å². The van der Waals surface area contributed by atoms with Gasteiger partial charge in [-0.1, -0.05) is 31.2 Å². The molecule has 0 unspecified atom stereocenters. The Morgan fingerprint density at radius 3 is 2.46 bits per heavy atom. The summed E-state index contributed by atoms with van der Waals surface area (Å²) in [7, 11) is 1.29. The third-order valence-electron chi connectivity index (χ3n) is 5.43. The van der Waals surface area contributed by atoms with Gasteiger partial charge in [0.05, 0.1) is 24.5 Å². The number of nitrogens with one attached hydrogen (secondary N) is 2. The molecule has 0 amide bonds. The second-order valence-electron chi connectivity index (χ2n) is 7.24. The van der Waals surface area contributed by atoms with Gasteiger partial charge in [-0.25, -0.2) is 4.39 Å². The molecule has 6 heteroatoms. The molecule has 0 spiro atoms. The number of fused-ring (bicyclic) bond motifs is 1. The van der Waals surface area contributed by atoms with Crippen LogP contribution in [0.15, 0.2) is 59.8 Å². The lowest BCUT2D eigenvalue weighted by atomic mass is 9.75. The number of Topliss-reactive ketones (excluding diaryl/α,β-unsaturated/α-hetero) is 1. The molecule has 0 saturated carbocycles. The highest BCUT2D eigenvalue weighted by Gasteiger charge is 2.44. The summed E-state index contributed by atoms with van der Waals surface area (Å²) in [5.41, 5.74) is 3.72. The van der Waals surface area contributed by atoms with Gasteiger partial charge in [0, 0.05) is 11.3 Å². The van der Waals surface area contributed by atoms with Crippen LogP contribution in [0, 0.1) is 17.7 Å². The second kappa shape index (κ2) is 7.11. The van der Waals surface area contributed by atoms with E-state index in [4.69, 9.17) is 4.74 Å². The molecule has 2 aliphatic rings. The number of esters is 1. The number of anilines is 2. The van der Waals surface area contributed by atoms with E-state index >= 15 is 0 Å². The zero-order valence-corrected chi connectivity index (χ0v) is 15.7. The van der Waals surface area contributed by atoms with E-state index in [0.29, 0.717) is 12.0 Å². The summed E-state index contributed by atoms with van der Waals surface area (Å²) in [5.74, 6) is -2.17. The summed E-state index contributed by atoms with van der Waals surface area (Å²) >= 11 is 0. The number of hydrogen-bond donors (Lipinski definition) is 2. The lowest BCUT2D eigenvalue weighted by molar-refractivity contribution is -0.151. The molecule has 0 aromatic heterocycles. The number of carbonyl (C=O) groups is 2. The van der Waals surface area contributed by atoms with Crippen LogP contribution in [0.1, 0.15) is 24.9 Å². The Morgan fingerprint density at radius 2 is 1.79 bits per heavy atom. The summed E-state index contributed by atoms with van der Waals surface area (Å²) in [4.78, 5) is 25.7. The number of rotatable bonds is 2. The van der Waals surface area contributed by atoms with Crippen LogP contribution in [0.25, 0.3) is 0 Å². The van der Waals surface area contributed by atoms with Crippen molar-refractivity contribution in [2.24, 2.45) is 11.8 Å². The van der Waals surface area contributed by atoms with Gasteiger partial charge in [-0.2, -0.15) is 0 Å². The molecule has 2 aromatic rings. The SMILES string of the molecule is COC(=O)[C@@H]1C(=O)C2=C(C[C@@H]1C)Nc1ccccc1N[C@H]2c1ccc(F)cc1. The topological polar surface area (TPSA) is 67.4 Å². The molecule has 0 radical (unpaired) electrons. The molecule has 1 aliphatic heterocycles. The first-order chi connectivity index (χ1) is 13.5. The maximum atomic E-state index is 13.5. The first-order valence-electron chi connectivity index (χ1n) is 9.22. The molecule has 1 aliphatic carbocycles. The molecule has 3 atom stereocenters. The van der Waals surface area contributed by atoms with Gasteiger partial charge in [0.1, 0.15) is 11.7 Å². The van der Waals surface area contributed by atoms with Gasteiger partial charge in [0.15, 0.2) is 5.78 Å². The third kappa shape index (κ3) is 3.05. The van der Waals surface area contributed by atoms with E-state index in [-0.39, 0.29) is 17.5 Å². The summed E-state index contributed by atoms with van der Waals surface area (Å²) in [6, 6.07) is 13.2. The lowest BCUT2D eigenvalue weighted by Gasteiger charge is -2.32. The Bertz CT molecular complexity index is 968. The predicted molar refractivity (Wildman–Crippen MR) is 104 cm³/mol. The molecular formula is C22H21FN2O3. The average molecular weight is 380 g/mol. The molecule has 0 bridgehead atoms. The van der Waals surface area contributed by atoms with Gasteiger partial charge in [-0.3, -0.25) is 9.59 Å². The third-order valence-corrected chi connectivity index (χ3v) is 5.43. The van der Waals surface area contributed by atoms with E-state index < -0.39 is 17.9 Å². The molecule has 2 N–H and O–H groups in total. The molecule has 0 saturated heterocycles. The van der Waals surface area contributed by atoms with Crippen LogP contribution in [0.3, 0.4) is 0 Å². The van der Waals surface area contributed by atoms with Crippen molar-refractivity contribution in [1.82, 2.24) is 0 Å². The fourth-order valence-corrected chi connectivity index (χ4v) is 4.04. The van der Waals surface area contributed by atoms with Gasteiger partial charge in [-0.15, -0.1) is 0 Å². The largest absolute Gasteiger partial charge is 0.468 e. The Morgan fingerprint density at radius 1 is 1.11 bits per heavy atom. The van der Waals surface area contributed by atoms with E-state index in [0.717, 1.165) is 22.6 Å². The summed E-state index contributed by atoms with van der Waals surface area (Å²) in [5, 5.41) is 6.78. The molecular weight excluding hydrogens is 359 g/mol. The summed E-state index contributed by atoms with van der Waals surface area (Å²) < 4.78 is 18.4. The van der Waals surface area contributed by atoms with Crippen molar-refractivity contribution in [3.05, 3.63) is 71.2 Å². The minimum atomic E-state index is -0.850. The number of carbonyl (C=O) groups excluding carboxylic acids is 2. The smallest absolute Gasteiger partial charge is 0.316 e. The van der Waals surface area contributed by atoms with E-state index in [1.165, 1.54) is 19.2 Å². The number of benzene rings is 2. The minimum Gasteiger partial charge on any atom is -0.468 e. The molecule has 5 nitrogen and oxygen atoms in total. The van der Waals surface area contributed by atoms with E-state index in [9.17, 15) is 14.0 Å². The van der Waals surface area contributed by atoms with Crippen molar-refractivity contribution in [3.63, 3.8) is 0 Å². The zero-order valence-electron chi connectivity index (χ0n) is 15.7. The molecule has 4 rings (SSSR count). The number of allylic oxidation sites excluding steroid dienone is 1. The Kier molecular flexibility index (Phi) is 4.63. The molecule has 144 valence electrons. The first-order valence-corrected chi connectivity index (χ1v) is 9.22. The maximum Gasteiger partial charge on any atom is 0.316 e. The quantitative estimate of drug-likeness (QED) is 0.608. The number of para-hydroxylation sites is 2. The predicted octanol–water partition coefficient (Wildman–Crippen LogP) is 4.06. The Balaban J connectivity index is 1.87. The maximum absolute atomic E-state index is 13.5. The van der Waals surface area contributed by atoms with Crippen molar-refractivity contribution in [2.45, 2.75) is 19.4 Å². The van der Waals surface area contributed by atoms with Crippen molar-refractivity contribution < 1.29 is 18.7 Å². The van der Waals surface area contributed by atoms with Gasteiger partial charge in [0.25, 0.3) is 0 Å². The zero-order chi connectivity index (χ0) is 19.8. The Labute approximate surface area is 162 Å². The van der Waals surface area contributed by atoms with Gasteiger partial charge in [0.2, 0.25) is 0 Å². The van der Waals surface area contributed by atoms with E-state index in [1.54, 1.807) is 12.1 Å². The van der Waals surface area contributed by atoms with E-state index in [2.05, 4.69) is 10.6 Å². The lowest BCUT2D eigenvalue weighted by Crippen LogP contribution is -2.39. The van der Waals surface area contributed by atoms with Crippen molar-refractivity contribution in [1.29, 1.82) is 0 Å². The van der Waals surface area contributed by atoms with Gasteiger partial charge in [-0.05, 0) is 42.2 Å². The normalized spacial score (nSPS) is 23.7. The average Bonchev–Trinajstić information content (AvgIpc) is 2.85. The highest BCUT2D eigenvalue weighted by atomic mass is 19.1. The van der Waals surface area contributed by atoms with Crippen molar-refractivity contribution in [3.8, 4) is 0 Å². The van der Waals surface area contributed by atoms with Crippen LogP contribution >= 0.6 is 0 Å². The van der Waals surface area contributed by atoms with Crippen LogP contribution in [-0.2, 0) is 14.3 Å². The van der Waals surface area contributed by atoms with Gasteiger partial charge >= 0.3 is 5.97 Å². The first kappa shape index (κ1) is 18.2. The van der Waals surface area contributed by atoms with Crippen LogP contribution in [0.5, 0.6) is 0 Å². The van der Waals surface area contributed by atoms with Crippen LogP contribution < -0.4 is 10.6 Å². The molecule has 28 heavy (non-hydrogen) atoms. The fourth-order valence-electron chi connectivity index (χ4n) is 4.04. The van der Waals surface area contributed by atoms with Gasteiger partial charge < -0.3 is 15.4 Å². The summed E-state index contributed by atoms with van der Waals surface area (Å²) in [6.07, 6.45) is 0.536. The van der Waals surface area contributed by atoms with Crippen LogP contribution in [0.4, 0.5) is 15.8 Å². The monoisotopic (exact) mass is 380 g/mol. The standard InChI is InChI=1S/C22H21FN2O3/c1-12-11-17-19(21(26)18(12)22(27)28-2)20(13-7-9-14(23)10-8-13)25-16-6-4-3-5-15(16)24-17/h3-10,12,18,20,24-25H,11H2,1-2H3/t12-,18-,20-/m0/s1. The van der Waals surface area contributed by atoms with E-state index in [1.807, 2.05) is 31.2 Å². The molecule has 2 aromatic carbocycles. The number of ether oxygens (including phenoxy) is 1. The van der Waals surface area contributed by atoms with Crippen LogP contribution in [0.2, 0.25) is 0 Å². The second-order valence-corrected chi connectivity index (χ2v) is 7.24. The molecule has 1 heterocycles. The minimum absolute atomic E-state index is 0.190. The van der Waals surface area contributed by atoms with Crippen LogP contribution in [-0.4, -0.2) is 18.9 Å². The molecule has 0 fully saturated rings. The fraction of sp³-hybridized carbons (Fsp3) is 0.273. The number of ketones is 1. The number of halogens is 1. The van der Waals surface area contributed by atoms with Crippen molar-refractivity contribution in [2.75, 3.05) is 17.7 Å². The summed E-state index contributed by atoms with van der Waals surface area (Å²) in [6.45, 7) is 1.88.